The van der Waals surface area contributed by atoms with Crippen LogP contribution in [0.5, 0.6) is 0 Å². The van der Waals surface area contributed by atoms with Crippen LogP contribution in [0.25, 0.3) is 0 Å². The van der Waals surface area contributed by atoms with Crippen molar-refractivity contribution in [2.75, 3.05) is 19.6 Å². The molecular formula is C11H23NO3S. The number of hydrogen-bond donors (Lipinski definition) is 0. The Balaban J connectivity index is 2.46. The van der Waals surface area contributed by atoms with E-state index in [0.29, 0.717) is 6.54 Å². The van der Waals surface area contributed by atoms with Gasteiger partial charge in [0.15, 0.2) is 0 Å². The molecule has 0 saturated carbocycles. The zero-order valence-corrected chi connectivity index (χ0v) is 11.3. The Morgan fingerprint density at radius 2 is 1.69 bits per heavy atom. The van der Waals surface area contributed by atoms with Gasteiger partial charge in [-0.25, -0.2) is 0 Å². The van der Waals surface area contributed by atoms with Crippen LogP contribution >= 0.6 is 0 Å². The van der Waals surface area contributed by atoms with E-state index in [4.69, 9.17) is 4.18 Å². The van der Waals surface area contributed by atoms with Crippen LogP contribution in [0.2, 0.25) is 0 Å². The first kappa shape index (κ1) is 13.9. The lowest BCUT2D eigenvalue weighted by Gasteiger charge is -2.28. The Hall–Kier alpha value is -0.130. The Kier molecular flexibility index (Phi) is 5.21. The largest absolute Gasteiger partial charge is 0.302 e. The molecule has 0 aromatic carbocycles. The van der Waals surface area contributed by atoms with E-state index in [-0.39, 0.29) is 6.10 Å². The molecule has 1 fully saturated rings. The number of rotatable bonds is 5. The van der Waals surface area contributed by atoms with Gasteiger partial charge in [0.2, 0.25) is 0 Å². The molecular weight excluding hydrogens is 226 g/mol. The molecule has 96 valence electrons. The minimum atomic E-state index is -3.40. The van der Waals surface area contributed by atoms with Gasteiger partial charge in [-0.3, -0.25) is 4.18 Å². The highest BCUT2D eigenvalue weighted by Crippen LogP contribution is 2.13. The lowest BCUT2D eigenvalue weighted by molar-refractivity contribution is 0.213. The summed E-state index contributed by atoms with van der Waals surface area (Å²) in [4.78, 5) is 2.22. The molecule has 1 saturated heterocycles. The van der Waals surface area contributed by atoms with E-state index < -0.39 is 15.4 Å². The van der Waals surface area contributed by atoms with Gasteiger partial charge in [0.05, 0.1) is 11.4 Å². The maximum Gasteiger partial charge on any atom is 0.271 e. The SMILES string of the molecule is CC(C)OS(=O)(=O)C(C)CN1CCCCC1. The molecule has 0 spiro atoms. The normalized spacial score (nSPS) is 21.2. The van der Waals surface area contributed by atoms with E-state index >= 15 is 0 Å². The van der Waals surface area contributed by atoms with Crippen molar-refractivity contribution in [2.45, 2.75) is 51.4 Å². The minimum Gasteiger partial charge on any atom is -0.302 e. The van der Waals surface area contributed by atoms with Gasteiger partial charge in [0.1, 0.15) is 0 Å². The fraction of sp³-hybridized carbons (Fsp3) is 1.00. The molecule has 0 N–H and O–H groups in total. The van der Waals surface area contributed by atoms with Gasteiger partial charge >= 0.3 is 0 Å². The quantitative estimate of drug-likeness (QED) is 0.695. The molecule has 0 bridgehead atoms. The molecule has 4 nitrogen and oxygen atoms in total. The van der Waals surface area contributed by atoms with Gasteiger partial charge in [0.25, 0.3) is 10.1 Å². The molecule has 5 heteroatoms. The summed E-state index contributed by atoms with van der Waals surface area (Å²) in [5, 5.41) is -0.437. The molecule has 0 aromatic rings. The first-order valence-corrected chi connectivity index (χ1v) is 7.53. The summed E-state index contributed by atoms with van der Waals surface area (Å²) in [6.45, 7) is 7.83. The molecule has 0 aromatic heterocycles. The van der Waals surface area contributed by atoms with Crippen molar-refractivity contribution in [3.63, 3.8) is 0 Å². The zero-order valence-electron chi connectivity index (χ0n) is 10.5. The third-order valence-electron chi connectivity index (χ3n) is 2.78. The molecule has 1 aliphatic rings. The third kappa shape index (κ3) is 4.39. The fourth-order valence-corrected chi connectivity index (χ4v) is 3.08. The predicted molar refractivity (Wildman–Crippen MR) is 64.9 cm³/mol. The molecule has 1 heterocycles. The van der Waals surface area contributed by atoms with E-state index in [2.05, 4.69) is 4.90 Å². The van der Waals surface area contributed by atoms with Crippen LogP contribution < -0.4 is 0 Å². The first-order chi connectivity index (χ1) is 7.42. The summed E-state index contributed by atoms with van der Waals surface area (Å²) in [7, 11) is -3.40. The monoisotopic (exact) mass is 249 g/mol. The average molecular weight is 249 g/mol. The van der Waals surface area contributed by atoms with Gasteiger partial charge in [-0.15, -0.1) is 0 Å². The average Bonchev–Trinajstić information content (AvgIpc) is 2.17. The maximum absolute atomic E-state index is 11.8. The summed E-state index contributed by atoms with van der Waals surface area (Å²) in [6, 6.07) is 0. The number of likely N-dealkylation sites (tertiary alicyclic amines) is 1. The Morgan fingerprint density at radius 3 is 2.19 bits per heavy atom. The molecule has 0 aliphatic carbocycles. The topological polar surface area (TPSA) is 46.6 Å². The standard InChI is InChI=1S/C11H23NO3S/c1-10(2)15-16(13,14)11(3)9-12-7-5-4-6-8-12/h10-11H,4-9H2,1-3H3. The highest BCUT2D eigenvalue weighted by Gasteiger charge is 2.25. The second kappa shape index (κ2) is 5.98. The Morgan fingerprint density at radius 1 is 1.12 bits per heavy atom. The first-order valence-electron chi connectivity index (χ1n) is 6.06. The lowest BCUT2D eigenvalue weighted by atomic mass is 10.1. The van der Waals surface area contributed by atoms with Crippen LogP contribution in [0.1, 0.15) is 40.0 Å². The number of hydrogen-bond acceptors (Lipinski definition) is 4. The van der Waals surface area contributed by atoms with Crippen LogP contribution in [0.3, 0.4) is 0 Å². The molecule has 0 amide bonds. The highest BCUT2D eigenvalue weighted by molar-refractivity contribution is 7.87. The van der Waals surface area contributed by atoms with E-state index in [1.807, 2.05) is 0 Å². The predicted octanol–water partition coefficient (Wildman–Crippen LogP) is 1.62. The zero-order chi connectivity index (χ0) is 12.2. The second-order valence-corrected chi connectivity index (χ2v) is 6.79. The van der Waals surface area contributed by atoms with Gasteiger partial charge in [-0.05, 0) is 46.7 Å². The van der Waals surface area contributed by atoms with Crippen molar-refractivity contribution in [1.29, 1.82) is 0 Å². The third-order valence-corrected chi connectivity index (χ3v) is 4.57. The lowest BCUT2D eigenvalue weighted by Crippen LogP contribution is -2.39. The minimum absolute atomic E-state index is 0.270. The highest BCUT2D eigenvalue weighted by atomic mass is 32.2. The van der Waals surface area contributed by atoms with E-state index in [1.165, 1.54) is 19.3 Å². The van der Waals surface area contributed by atoms with Crippen molar-refractivity contribution in [3.05, 3.63) is 0 Å². The summed E-state index contributed by atoms with van der Waals surface area (Å²) in [5.74, 6) is 0. The Bertz CT molecular complexity index is 294. The van der Waals surface area contributed by atoms with Crippen LogP contribution in [0.15, 0.2) is 0 Å². The van der Waals surface area contributed by atoms with Crippen molar-refractivity contribution in [1.82, 2.24) is 4.90 Å². The fourth-order valence-electron chi connectivity index (χ4n) is 1.96. The Labute approximate surface area is 99.1 Å². The summed E-state index contributed by atoms with van der Waals surface area (Å²) in [5.41, 5.74) is 0. The van der Waals surface area contributed by atoms with E-state index in [9.17, 15) is 8.42 Å². The van der Waals surface area contributed by atoms with Crippen LogP contribution in [-0.4, -0.2) is 44.3 Å². The molecule has 16 heavy (non-hydrogen) atoms. The summed E-state index contributed by atoms with van der Waals surface area (Å²) < 4.78 is 28.5. The van der Waals surface area contributed by atoms with Crippen LogP contribution in [0.4, 0.5) is 0 Å². The maximum atomic E-state index is 11.8. The van der Waals surface area contributed by atoms with Gasteiger partial charge in [-0.2, -0.15) is 8.42 Å². The van der Waals surface area contributed by atoms with E-state index in [0.717, 1.165) is 13.1 Å². The molecule has 1 unspecified atom stereocenters. The van der Waals surface area contributed by atoms with Crippen LogP contribution in [-0.2, 0) is 14.3 Å². The van der Waals surface area contributed by atoms with Crippen molar-refractivity contribution in [2.24, 2.45) is 0 Å². The molecule has 1 aliphatic heterocycles. The summed E-state index contributed by atoms with van der Waals surface area (Å²) in [6.07, 6.45) is 3.35. The molecule has 1 atom stereocenters. The van der Waals surface area contributed by atoms with Crippen LogP contribution in [0, 0.1) is 0 Å². The molecule has 1 rings (SSSR count). The van der Waals surface area contributed by atoms with Crippen molar-refractivity contribution in [3.8, 4) is 0 Å². The van der Waals surface area contributed by atoms with Crippen molar-refractivity contribution < 1.29 is 12.6 Å². The van der Waals surface area contributed by atoms with E-state index in [1.54, 1.807) is 20.8 Å². The number of nitrogens with zero attached hydrogens (tertiary/aromatic N) is 1. The summed E-state index contributed by atoms with van der Waals surface area (Å²) >= 11 is 0. The molecule has 0 radical (unpaired) electrons. The second-order valence-electron chi connectivity index (χ2n) is 4.81. The van der Waals surface area contributed by atoms with Gasteiger partial charge in [0, 0.05) is 6.54 Å². The smallest absolute Gasteiger partial charge is 0.271 e. The van der Waals surface area contributed by atoms with Gasteiger partial charge in [-0.1, -0.05) is 6.42 Å². The van der Waals surface area contributed by atoms with Gasteiger partial charge < -0.3 is 4.90 Å². The number of piperidine rings is 1. The van der Waals surface area contributed by atoms with Crippen molar-refractivity contribution >= 4 is 10.1 Å².